The van der Waals surface area contributed by atoms with Gasteiger partial charge < -0.3 is 14.7 Å². The Morgan fingerprint density at radius 2 is 2.32 bits per heavy atom. The van der Waals surface area contributed by atoms with Gasteiger partial charge in [0.05, 0.1) is 18.8 Å². The van der Waals surface area contributed by atoms with Gasteiger partial charge in [0.25, 0.3) is 0 Å². The molecule has 0 bridgehead atoms. The number of aromatic nitrogens is 1. The van der Waals surface area contributed by atoms with Crippen LogP contribution in [0.3, 0.4) is 0 Å². The average molecular weight is 279 g/mol. The van der Waals surface area contributed by atoms with E-state index in [4.69, 9.17) is 4.52 Å². The summed E-state index contributed by atoms with van der Waals surface area (Å²) in [6.07, 6.45) is 0. The Morgan fingerprint density at radius 1 is 1.53 bits per heavy atom. The molecule has 0 atom stereocenters. The zero-order valence-electron chi connectivity index (χ0n) is 11.3. The minimum atomic E-state index is -0.103. The lowest BCUT2D eigenvalue weighted by Gasteiger charge is -2.17. The predicted molar refractivity (Wildman–Crippen MR) is 74.0 cm³/mol. The molecule has 2 aromatic rings. The molecule has 0 radical (unpaired) electrons. The van der Waals surface area contributed by atoms with Crippen molar-refractivity contribution < 1.29 is 9.32 Å². The molecule has 0 unspecified atom stereocenters. The van der Waals surface area contributed by atoms with Gasteiger partial charge in [-0.25, -0.2) is 4.79 Å². The van der Waals surface area contributed by atoms with Crippen molar-refractivity contribution in [2.45, 2.75) is 26.9 Å². The molecule has 0 aromatic carbocycles. The van der Waals surface area contributed by atoms with Crippen molar-refractivity contribution >= 4 is 17.4 Å². The van der Waals surface area contributed by atoms with Crippen molar-refractivity contribution in [1.82, 2.24) is 15.4 Å². The van der Waals surface area contributed by atoms with E-state index >= 15 is 0 Å². The summed E-state index contributed by atoms with van der Waals surface area (Å²) in [5.41, 5.74) is 1.80. The molecule has 0 aliphatic heterocycles. The number of hydrogen-bond acceptors (Lipinski definition) is 4. The van der Waals surface area contributed by atoms with Crippen LogP contribution in [0.15, 0.2) is 22.0 Å². The molecular formula is C13H17N3O2S. The quantitative estimate of drug-likeness (QED) is 0.936. The zero-order valence-corrected chi connectivity index (χ0v) is 12.1. The Hall–Kier alpha value is -1.82. The molecular weight excluding hydrogens is 262 g/mol. The third kappa shape index (κ3) is 3.35. The normalized spacial score (nSPS) is 10.5. The summed E-state index contributed by atoms with van der Waals surface area (Å²) in [4.78, 5) is 14.7. The van der Waals surface area contributed by atoms with Crippen LogP contribution in [0.4, 0.5) is 4.79 Å². The molecule has 2 amide bonds. The maximum atomic E-state index is 12.0. The summed E-state index contributed by atoms with van der Waals surface area (Å²) in [5, 5.41) is 8.76. The van der Waals surface area contributed by atoms with Gasteiger partial charge in [0.15, 0.2) is 0 Å². The highest BCUT2D eigenvalue weighted by molar-refractivity contribution is 7.09. The highest BCUT2D eigenvalue weighted by Gasteiger charge is 2.15. The van der Waals surface area contributed by atoms with Crippen LogP contribution in [0.2, 0.25) is 0 Å². The molecule has 0 fully saturated rings. The maximum absolute atomic E-state index is 12.0. The second-order valence-corrected chi connectivity index (χ2v) is 5.43. The third-order valence-corrected chi connectivity index (χ3v) is 3.79. The summed E-state index contributed by atoms with van der Waals surface area (Å²) in [5.74, 6) is 0.760. The van der Waals surface area contributed by atoms with Crippen molar-refractivity contribution in [1.29, 1.82) is 0 Å². The number of thiophene rings is 1. The molecule has 2 heterocycles. The van der Waals surface area contributed by atoms with Crippen LogP contribution in [0.25, 0.3) is 0 Å². The van der Waals surface area contributed by atoms with Gasteiger partial charge in [-0.1, -0.05) is 11.2 Å². The molecule has 0 spiro atoms. The smallest absolute Gasteiger partial charge is 0.317 e. The molecule has 0 saturated carbocycles. The van der Waals surface area contributed by atoms with E-state index in [9.17, 15) is 4.79 Å². The van der Waals surface area contributed by atoms with E-state index in [0.717, 1.165) is 21.9 Å². The molecule has 6 heteroatoms. The minimum absolute atomic E-state index is 0.103. The van der Waals surface area contributed by atoms with Crippen LogP contribution < -0.4 is 5.32 Å². The van der Waals surface area contributed by atoms with Crippen molar-refractivity contribution in [2.24, 2.45) is 0 Å². The number of aryl methyl sites for hydroxylation is 2. The predicted octanol–water partition coefficient (Wildman–Crippen LogP) is 2.69. The fourth-order valence-corrected chi connectivity index (χ4v) is 2.39. The fourth-order valence-electron chi connectivity index (χ4n) is 1.75. The number of rotatable bonds is 4. The van der Waals surface area contributed by atoms with Crippen LogP contribution >= 0.6 is 11.3 Å². The van der Waals surface area contributed by atoms with Crippen LogP contribution in [0.1, 0.15) is 21.9 Å². The van der Waals surface area contributed by atoms with E-state index in [1.54, 1.807) is 23.3 Å². The Bertz CT molecular complexity index is 529. The second-order valence-electron chi connectivity index (χ2n) is 4.40. The number of amides is 2. The first kappa shape index (κ1) is 13.6. The Kier molecular flexibility index (Phi) is 4.21. The van der Waals surface area contributed by atoms with Gasteiger partial charge in [-0.2, -0.15) is 0 Å². The van der Waals surface area contributed by atoms with Crippen LogP contribution in [-0.2, 0) is 13.1 Å². The Morgan fingerprint density at radius 3 is 2.89 bits per heavy atom. The number of carbonyl (C=O) groups excluding carboxylic acids is 1. The molecule has 0 saturated heterocycles. The van der Waals surface area contributed by atoms with Gasteiger partial charge >= 0.3 is 6.03 Å². The van der Waals surface area contributed by atoms with Crippen molar-refractivity contribution in [3.8, 4) is 0 Å². The van der Waals surface area contributed by atoms with Gasteiger partial charge in [-0.3, -0.25) is 0 Å². The minimum Gasteiger partial charge on any atom is -0.361 e. The monoisotopic (exact) mass is 279 g/mol. The van der Waals surface area contributed by atoms with Gasteiger partial charge in [0.2, 0.25) is 0 Å². The Labute approximate surface area is 116 Å². The van der Waals surface area contributed by atoms with Gasteiger partial charge in [-0.15, -0.1) is 11.3 Å². The molecule has 1 N–H and O–H groups in total. The summed E-state index contributed by atoms with van der Waals surface area (Å²) >= 11 is 1.63. The Balaban J connectivity index is 1.89. The number of carbonyl (C=O) groups is 1. The first-order valence-corrected chi connectivity index (χ1v) is 6.89. The van der Waals surface area contributed by atoms with E-state index in [1.807, 2.05) is 31.4 Å². The largest absolute Gasteiger partial charge is 0.361 e. The topological polar surface area (TPSA) is 58.4 Å². The summed E-state index contributed by atoms with van der Waals surface area (Å²) in [6, 6.07) is 3.87. The number of hydrogen-bond donors (Lipinski definition) is 1. The van der Waals surface area contributed by atoms with E-state index < -0.39 is 0 Å². The lowest BCUT2D eigenvalue weighted by Crippen LogP contribution is -2.36. The van der Waals surface area contributed by atoms with Crippen LogP contribution in [0, 0.1) is 13.8 Å². The molecule has 2 rings (SSSR count). The van der Waals surface area contributed by atoms with Crippen molar-refractivity contribution in [2.75, 3.05) is 7.05 Å². The second kappa shape index (κ2) is 5.88. The van der Waals surface area contributed by atoms with E-state index in [1.165, 1.54) is 0 Å². The van der Waals surface area contributed by atoms with Gasteiger partial charge in [-0.05, 0) is 25.3 Å². The molecule has 5 nitrogen and oxygen atoms in total. The van der Waals surface area contributed by atoms with Crippen LogP contribution in [0.5, 0.6) is 0 Å². The van der Waals surface area contributed by atoms with Crippen molar-refractivity contribution in [3.63, 3.8) is 0 Å². The SMILES string of the molecule is Cc1noc(C)c1CN(C)C(=O)NCc1cccs1. The summed E-state index contributed by atoms with van der Waals surface area (Å²) in [7, 11) is 1.76. The molecule has 2 aromatic heterocycles. The third-order valence-electron chi connectivity index (χ3n) is 2.92. The zero-order chi connectivity index (χ0) is 13.8. The number of nitrogens with one attached hydrogen (secondary N) is 1. The van der Waals surface area contributed by atoms with E-state index in [0.29, 0.717) is 13.1 Å². The average Bonchev–Trinajstić information content (AvgIpc) is 3.00. The van der Waals surface area contributed by atoms with E-state index in [-0.39, 0.29) is 6.03 Å². The lowest BCUT2D eigenvalue weighted by molar-refractivity contribution is 0.206. The van der Waals surface area contributed by atoms with E-state index in [2.05, 4.69) is 10.5 Å². The molecule has 19 heavy (non-hydrogen) atoms. The molecule has 0 aliphatic rings. The number of urea groups is 1. The summed E-state index contributed by atoms with van der Waals surface area (Å²) in [6.45, 7) is 4.79. The highest BCUT2D eigenvalue weighted by atomic mass is 32.1. The lowest BCUT2D eigenvalue weighted by atomic mass is 10.2. The van der Waals surface area contributed by atoms with Crippen LogP contribution in [-0.4, -0.2) is 23.1 Å². The standard InChI is InChI=1S/C13H17N3O2S/c1-9-12(10(2)18-15-9)8-16(3)13(17)14-7-11-5-4-6-19-11/h4-6H,7-8H2,1-3H3,(H,14,17). The maximum Gasteiger partial charge on any atom is 0.317 e. The molecule has 0 aliphatic carbocycles. The van der Waals surface area contributed by atoms with Crippen molar-refractivity contribution in [3.05, 3.63) is 39.4 Å². The summed E-state index contributed by atoms with van der Waals surface area (Å²) < 4.78 is 5.09. The first-order chi connectivity index (χ1) is 9.08. The van der Waals surface area contributed by atoms with Gasteiger partial charge in [0, 0.05) is 17.5 Å². The highest BCUT2D eigenvalue weighted by Crippen LogP contribution is 2.14. The molecule has 102 valence electrons. The number of nitrogens with zero attached hydrogens (tertiary/aromatic N) is 2. The first-order valence-electron chi connectivity index (χ1n) is 6.01. The van der Waals surface area contributed by atoms with Gasteiger partial charge in [0.1, 0.15) is 5.76 Å². The fraction of sp³-hybridized carbons (Fsp3) is 0.385.